The Bertz CT molecular complexity index is 568. The third-order valence-corrected chi connectivity index (χ3v) is 2.52. The fourth-order valence-corrected chi connectivity index (χ4v) is 1.59. The molecule has 17 heavy (non-hydrogen) atoms. The fourth-order valence-electron chi connectivity index (χ4n) is 1.37. The number of hydrogen-bond acceptors (Lipinski definition) is 3. The predicted octanol–water partition coefficient (Wildman–Crippen LogP) is 2.45. The lowest BCUT2D eigenvalue weighted by Crippen LogP contribution is -2.06. The van der Waals surface area contributed by atoms with E-state index in [-0.39, 0.29) is 5.56 Å². The molecule has 0 saturated carbocycles. The summed E-state index contributed by atoms with van der Waals surface area (Å²) in [5, 5.41) is 4.11. The number of benzene rings is 1. The molecule has 2 aromatic rings. The summed E-state index contributed by atoms with van der Waals surface area (Å²) in [4.78, 5) is 11.2. The molecule has 0 aliphatic carbocycles. The normalized spacial score (nSPS) is 10.3. The van der Waals surface area contributed by atoms with Crippen molar-refractivity contribution in [1.29, 1.82) is 0 Å². The Morgan fingerprint density at radius 3 is 2.82 bits per heavy atom. The van der Waals surface area contributed by atoms with E-state index in [2.05, 4.69) is 9.84 Å². The largest absolute Gasteiger partial charge is 0.465 e. The van der Waals surface area contributed by atoms with E-state index >= 15 is 0 Å². The van der Waals surface area contributed by atoms with Gasteiger partial charge in [0.2, 0.25) is 5.95 Å². The zero-order valence-corrected chi connectivity index (χ0v) is 9.61. The molecule has 88 valence electrons. The predicted molar refractivity (Wildman–Crippen MR) is 59.9 cm³/mol. The molecule has 0 unspecified atom stereocenters. The Kier molecular flexibility index (Phi) is 3.10. The number of carbonyl (C=O) groups is 1. The fraction of sp³-hybridized carbons (Fsp3) is 0.0909. The van der Waals surface area contributed by atoms with Crippen LogP contribution < -0.4 is 0 Å². The molecule has 0 fully saturated rings. The lowest BCUT2D eigenvalue weighted by Gasteiger charge is -2.04. The molecule has 0 bridgehead atoms. The number of halogens is 2. The first-order chi connectivity index (χ1) is 8.15. The van der Waals surface area contributed by atoms with Crippen LogP contribution in [0.3, 0.4) is 0 Å². The van der Waals surface area contributed by atoms with E-state index in [0.717, 1.165) is 10.9 Å². The molecule has 1 heterocycles. The van der Waals surface area contributed by atoms with Crippen LogP contribution in [0.5, 0.6) is 0 Å². The van der Waals surface area contributed by atoms with Gasteiger partial charge in [-0.15, -0.1) is 0 Å². The standard InChI is InChI=1S/C11H8ClFN2O2/c1-17-11(16)7-6-14-15(10(7)13)9-5-3-2-4-8(9)12/h2-6H,1H3. The Balaban J connectivity index is 2.52. The first kappa shape index (κ1) is 11.6. The smallest absolute Gasteiger partial charge is 0.344 e. The number of rotatable bonds is 2. The molecule has 4 nitrogen and oxygen atoms in total. The van der Waals surface area contributed by atoms with E-state index in [1.807, 2.05) is 0 Å². The van der Waals surface area contributed by atoms with Crippen molar-refractivity contribution in [1.82, 2.24) is 9.78 Å². The Labute approximate surface area is 102 Å². The monoisotopic (exact) mass is 254 g/mol. The van der Waals surface area contributed by atoms with Crippen molar-refractivity contribution in [3.63, 3.8) is 0 Å². The second-order valence-corrected chi connectivity index (χ2v) is 3.61. The van der Waals surface area contributed by atoms with Crippen molar-refractivity contribution in [2.24, 2.45) is 0 Å². The SMILES string of the molecule is COC(=O)c1cnn(-c2ccccc2Cl)c1F. The zero-order valence-electron chi connectivity index (χ0n) is 8.85. The molecule has 0 spiro atoms. The molecule has 0 saturated heterocycles. The molecule has 1 aromatic carbocycles. The van der Waals surface area contributed by atoms with Gasteiger partial charge in [-0.05, 0) is 12.1 Å². The second-order valence-electron chi connectivity index (χ2n) is 3.20. The van der Waals surface area contributed by atoms with Crippen molar-refractivity contribution in [2.75, 3.05) is 7.11 Å². The van der Waals surface area contributed by atoms with Crippen LogP contribution in [-0.2, 0) is 4.74 Å². The van der Waals surface area contributed by atoms with Gasteiger partial charge in [0.15, 0.2) is 0 Å². The van der Waals surface area contributed by atoms with Gasteiger partial charge in [0.25, 0.3) is 0 Å². The number of aromatic nitrogens is 2. The average Bonchev–Trinajstić information content (AvgIpc) is 2.71. The van der Waals surface area contributed by atoms with Gasteiger partial charge in [0.05, 0.1) is 24.0 Å². The molecule has 2 rings (SSSR count). The highest BCUT2D eigenvalue weighted by Gasteiger charge is 2.19. The van der Waals surface area contributed by atoms with E-state index in [0.29, 0.717) is 10.7 Å². The van der Waals surface area contributed by atoms with Gasteiger partial charge in [-0.1, -0.05) is 23.7 Å². The lowest BCUT2D eigenvalue weighted by atomic mass is 10.3. The summed E-state index contributed by atoms with van der Waals surface area (Å²) >= 11 is 5.91. The summed E-state index contributed by atoms with van der Waals surface area (Å²) in [5.74, 6) is -1.58. The number of para-hydroxylation sites is 1. The Hall–Kier alpha value is -1.88. The molecule has 1 aromatic heterocycles. The molecule has 0 aliphatic heterocycles. The maximum Gasteiger partial charge on any atom is 0.344 e. The molecule has 0 aliphatic rings. The maximum atomic E-state index is 13.9. The first-order valence-corrected chi connectivity index (χ1v) is 5.09. The van der Waals surface area contributed by atoms with Crippen LogP contribution in [-0.4, -0.2) is 22.9 Å². The van der Waals surface area contributed by atoms with Crippen LogP contribution in [0.25, 0.3) is 5.69 Å². The van der Waals surface area contributed by atoms with Crippen molar-refractivity contribution in [3.05, 3.63) is 47.0 Å². The number of ether oxygens (including phenoxy) is 1. The summed E-state index contributed by atoms with van der Waals surface area (Å²) in [5.41, 5.74) is 0.134. The summed E-state index contributed by atoms with van der Waals surface area (Å²) in [6.07, 6.45) is 1.10. The van der Waals surface area contributed by atoms with Crippen molar-refractivity contribution in [2.45, 2.75) is 0 Å². The van der Waals surface area contributed by atoms with Gasteiger partial charge in [-0.2, -0.15) is 9.49 Å². The van der Waals surface area contributed by atoms with Crippen molar-refractivity contribution in [3.8, 4) is 5.69 Å². The number of carbonyl (C=O) groups excluding carboxylic acids is 1. The number of methoxy groups -OCH3 is 1. The van der Waals surface area contributed by atoms with Crippen LogP contribution in [0.2, 0.25) is 5.02 Å². The van der Waals surface area contributed by atoms with E-state index < -0.39 is 11.9 Å². The Morgan fingerprint density at radius 2 is 2.18 bits per heavy atom. The van der Waals surface area contributed by atoms with Crippen molar-refractivity contribution >= 4 is 17.6 Å². The summed E-state index contributed by atoms with van der Waals surface area (Å²) < 4.78 is 19.3. The van der Waals surface area contributed by atoms with E-state index in [9.17, 15) is 9.18 Å². The summed E-state index contributed by atoms with van der Waals surface area (Å²) in [7, 11) is 1.18. The molecule has 0 radical (unpaired) electrons. The van der Waals surface area contributed by atoms with Gasteiger partial charge < -0.3 is 4.74 Å². The van der Waals surface area contributed by atoms with Gasteiger partial charge in [-0.25, -0.2) is 9.48 Å². The highest BCUT2D eigenvalue weighted by molar-refractivity contribution is 6.32. The summed E-state index contributed by atoms with van der Waals surface area (Å²) in [6, 6.07) is 6.61. The molecule has 6 heteroatoms. The minimum absolute atomic E-state index is 0.229. The highest BCUT2D eigenvalue weighted by Crippen LogP contribution is 2.21. The molecule has 0 amide bonds. The quantitative estimate of drug-likeness (QED) is 0.773. The second kappa shape index (κ2) is 4.55. The molecular formula is C11H8ClFN2O2. The van der Waals surface area contributed by atoms with E-state index in [4.69, 9.17) is 11.6 Å². The van der Waals surface area contributed by atoms with Crippen LogP contribution in [0.15, 0.2) is 30.5 Å². The minimum atomic E-state index is -0.801. The van der Waals surface area contributed by atoms with E-state index in [1.54, 1.807) is 24.3 Å². The van der Waals surface area contributed by atoms with Crippen molar-refractivity contribution < 1.29 is 13.9 Å². The number of nitrogens with zero attached hydrogens (tertiary/aromatic N) is 2. The van der Waals surface area contributed by atoms with Gasteiger partial charge in [0.1, 0.15) is 5.56 Å². The Morgan fingerprint density at radius 1 is 1.47 bits per heavy atom. The molecule has 0 N–H and O–H groups in total. The molecular weight excluding hydrogens is 247 g/mol. The highest BCUT2D eigenvalue weighted by atomic mass is 35.5. The van der Waals surface area contributed by atoms with Crippen LogP contribution in [0.4, 0.5) is 4.39 Å². The number of esters is 1. The van der Waals surface area contributed by atoms with Crippen LogP contribution >= 0.6 is 11.6 Å². The van der Waals surface area contributed by atoms with Crippen LogP contribution in [0.1, 0.15) is 10.4 Å². The third kappa shape index (κ3) is 2.01. The van der Waals surface area contributed by atoms with Gasteiger partial charge in [-0.3, -0.25) is 0 Å². The maximum absolute atomic E-state index is 13.9. The minimum Gasteiger partial charge on any atom is -0.465 e. The zero-order chi connectivity index (χ0) is 12.4. The average molecular weight is 255 g/mol. The lowest BCUT2D eigenvalue weighted by molar-refractivity contribution is 0.0595. The summed E-state index contributed by atoms with van der Waals surface area (Å²) in [6.45, 7) is 0. The van der Waals surface area contributed by atoms with Gasteiger partial charge in [0, 0.05) is 0 Å². The third-order valence-electron chi connectivity index (χ3n) is 2.20. The topological polar surface area (TPSA) is 44.1 Å². The van der Waals surface area contributed by atoms with Crippen LogP contribution in [0, 0.1) is 5.95 Å². The van der Waals surface area contributed by atoms with E-state index in [1.165, 1.54) is 7.11 Å². The van der Waals surface area contributed by atoms with Gasteiger partial charge >= 0.3 is 5.97 Å². The first-order valence-electron chi connectivity index (χ1n) is 4.72. The number of hydrogen-bond donors (Lipinski definition) is 0. The molecule has 0 atom stereocenters.